The first-order chi connectivity index (χ1) is 8.19. The number of benzene rings is 1. The highest BCUT2D eigenvalue weighted by molar-refractivity contribution is 9.10. The monoisotopic (exact) mass is 297 g/mol. The molecule has 0 aliphatic rings. The van der Waals surface area contributed by atoms with Crippen LogP contribution in [-0.2, 0) is 0 Å². The first kappa shape index (κ1) is 14.7. The van der Waals surface area contributed by atoms with Gasteiger partial charge in [0, 0.05) is 10.5 Å². The Kier molecular flexibility index (Phi) is 6.83. The lowest BCUT2D eigenvalue weighted by Crippen LogP contribution is -2.34. The van der Waals surface area contributed by atoms with Gasteiger partial charge in [-0.2, -0.15) is 0 Å². The fourth-order valence-electron chi connectivity index (χ4n) is 2.17. The maximum atomic E-state index is 3.67. The van der Waals surface area contributed by atoms with Crippen molar-refractivity contribution in [1.82, 2.24) is 5.32 Å². The molecule has 0 fully saturated rings. The van der Waals surface area contributed by atoms with Crippen molar-refractivity contribution in [2.24, 2.45) is 0 Å². The van der Waals surface area contributed by atoms with Crippen LogP contribution < -0.4 is 5.32 Å². The van der Waals surface area contributed by atoms with E-state index in [-0.39, 0.29) is 0 Å². The van der Waals surface area contributed by atoms with E-state index in [9.17, 15) is 0 Å². The molecular weight excluding hydrogens is 274 g/mol. The minimum atomic E-state index is 0.578. The van der Waals surface area contributed by atoms with E-state index in [4.69, 9.17) is 0 Å². The Labute approximate surface area is 114 Å². The first-order valence-corrected chi connectivity index (χ1v) is 7.47. The summed E-state index contributed by atoms with van der Waals surface area (Å²) in [4.78, 5) is 0. The third-order valence-electron chi connectivity index (χ3n) is 3.26. The number of halogens is 1. The molecule has 0 saturated heterocycles. The van der Waals surface area contributed by atoms with Crippen molar-refractivity contribution in [2.45, 2.75) is 52.0 Å². The lowest BCUT2D eigenvalue weighted by Gasteiger charge is -2.25. The van der Waals surface area contributed by atoms with Crippen LogP contribution in [0.5, 0.6) is 0 Å². The summed E-state index contributed by atoms with van der Waals surface area (Å²) < 4.78 is 1.15. The Morgan fingerprint density at radius 1 is 1.12 bits per heavy atom. The van der Waals surface area contributed by atoms with Gasteiger partial charge < -0.3 is 5.32 Å². The quantitative estimate of drug-likeness (QED) is 0.768. The molecule has 0 radical (unpaired) electrons. The average Bonchev–Trinajstić information content (AvgIpc) is 2.34. The zero-order valence-electron chi connectivity index (χ0n) is 11.2. The van der Waals surface area contributed by atoms with Gasteiger partial charge >= 0.3 is 0 Å². The molecule has 0 heterocycles. The van der Waals surface area contributed by atoms with Crippen LogP contribution in [0, 0.1) is 0 Å². The highest BCUT2D eigenvalue weighted by Gasteiger charge is 2.17. The predicted octanol–water partition coefficient (Wildman–Crippen LogP) is 4.72. The Morgan fingerprint density at radius 3 is 2.29 bits per heavy atom. The molecule has 0 amide bonds. The second-order valence-corrected chi connectivity index (χ2v) is 5.61. The van der Waals surface area contributed by atoms with E-state index in [0.29, 0.717) is 12.0 Å². The summed E-state index contributed by atoms with van der Waals surface area (Å²) in [6.45, 7) is 7.92. The molecule has 17 heavy (non-hydrogen) atoms. The maximum absolute atomic E-state index is 3.67. The highest BCUT2D eigenvalue weighted by Crippen LogP contribution is 2.23. The van der Waals surface area contributed by atoms with E-state index in [2.05, 4.69) is 66.3 Å². The van der Waals surface area contributed by atoms with Crippen molar-refractivity contribution in [2.75, 3.05) is 6.54 Å². The molecule has 0 bridgehead atoms. The normalized spacial score (nSPS) is 14.6. The van der Waals surface area contributed by atoms with Crippen molar-refractivity contribution in [3.8, 4) is 0 Å². The molecule has 0 saturated carbocycles. The van der Waals surface area contributed by atoms with E-state index >= 15 is 0 Å². The van der Waals surface area contributed by atoms with Crippen LogP contribution in [0.1, 0.15) is 51.5 Å². The van der Waals surface area contributed by atoms with Gasteiger partial charge in [0.25, 0.3) is 0 Å². The minimum absolute atomic E-state index is 0.578. The molecule has 1 nitrogen and oxygen atoms in total. The molecular formula is C15H24BrN. The van der Waals surface area contributed by atoms with Crippen LogP contribution in [0.2, 0.25) is 0 Å². The van der Waals surface area contributed by atoms with Crippen LogP contribution in [0.3, 0.4) is 0 Å². The Morgan fingerprint density at radius 2 is 1.76 bits per heavy atom. The van der Waals surface area contributed by atoms with Gasteiger partial charge in [0.2, 0.25) is 0 Å². The largest absolute Gasteiger partial charge is 0.313 e. The molecule has 1 N–H and O–H groups in total. The highest BCUT2D eigenvalue weighted by atomic mass is 79.9. The second-order valence-electron chi connectivity index (χ2n) is 4.69. The predicted molar refractivity (Wildman–Crippen MR) is 79.5 cm³/mol. The zero-order valence-corrected chi connectivity index (χ0v) is 12.8. The molecule has 96 valence electrons. The fourth-order valence-corrected chi connectivity index (χ4v) is 2.43. The fraction of sp³-hybridized carbons (Fsp3) is 0.600. The van der Waals surface area contributed by atoms with E-state index in [1.807, 2.05) is 0 Å². The number of rotatable bonds is 7. The summed E-state index contributed by atoms with van der Waals surface area (Å²) in [5, 5.41) is 3.67. The summed E-state index contributed by atoms with van der Waals surface area (Å²) in [5.41, 5.74) is 1.43. The summed E-state index contributed by atoms with van der Waals surface area (Å²) in [6, 6.07) is 9.32. The van der Waals surface area contributed by atoms with Crippen molar-refractivity contribution >= 4 is 15.9 Å². The summed E-state index contributed by atoms with van der Waals surface area (Å²) in [7, 11) is 0. The van der Waals surface area contributed by atoms with Crippen LogP contribution in [0.25, 0.3) is 0 Å². The molecule has 0 spiro atoms. The molecule has 0 aliphatic carbocycles. The molecule has 2 unspecified atom stereocenters. The lowest BCUT2D eigenvalue weighted by atomic mass is 9.90. The molecule has 0 aromatic heterocycles. The third kappa shape index (κ3) is 4.81. The van der Waals surface area contributed by atoms with Gasteiger partial charge in [-0.1, -0.05) is 55.3 Å². The lowest BCUT2D eigenvalue weighted by molar-refractivity contribution is 0.420. The molecule has 2 atom stereocenters. The molecule has 1 rings (SSSR count). The zero-order chi connectivity index (χ0) is 12.7. The van der Waals surface area contributed by atoms with Crippen LogP contribution in [0.4, 0.5) is 0 Å². The summed E-state index contributed by atoms with van der Waals surface area (Å²) in [6.07, 6.45) is 3.69. The number of hydrogen-bond donors (Lipinski definition) is 1. The number of hydrogen-bond acceptors (Lipinski definition) is 1. The van der Waals surface area contributed by atoms with Gasteiger partial charge in [0.05, 0.1) is 0 Å². The van der Waals surface area contributed by atoms with Crippen LogP contribution >= 0.6 is 15.9 Å². The van der Waals surface area contributed by atoms with Gasteiger partial charge in [-0.15, -0.1) is 0 Å². The van der Waals surface area contributed by atoms with Crippen molar-refractivity contribution in [3.05, 3.63) is 34.3 Å². The Hall–Kier alpha value is -0.340. The Balaban J connectivity index is 2.68. The molecule has 1 aromatic carbocycles. The summed E-state index contributed by atoms with van der Waals surface area (Å²) in [5.74, 6) is 0.578. The standard InChI is InChI=1S/C15H24BrN/c1-4-6-15(17-11-5-2)12(3)13-7-9-14(16)10-8-13/h7-10,12,15,17H,4-6,11H2,1-3H3. The van der Waals surface area contributed by atoms with Gasteiger partial charge in [-0.3, -0.25) is 0 Å². The SMILES string of the molecule is CCCNC(CCC)C(C)c1ccc(Br)cc1. The van der Waals surface area contributed by atoms with E-state index < -0.39 is 0 Å². The molecule has 1 aromatic rings. The van der Waals surface area contributed by atoms with E-state index in [0.717, 1.165) is 11.0 Å². The molecule has 0 aliphatic heterocycles. The number of nitrogens with one attached hydrogen (secondary N) is 1. The van der Waals surface area contributed by atoms with E-state index in [1.165, 1.54) is 24.8 Å². The maximum Gasteiger partial charge on any atom is 0.0175 e. The van der Waals surface area contributed by atoms with Gasteiger partial charge in [0.15, 0.2) is 0 Å². The van der Waals surface area contributed by atoms with Crippen LogP contribution in [-0.4, -0.2) is 12.6 Å². The topological polar surface area (TPSA) is 12.0 Å². The van der Waals surface area contributed by atoms with Gasteiger partial charge in [0.1, 0.15) is 0 Å². The van der Waals surface area contributed by atoms with Gasteiger partial charge in [-0.25, -0.2) is 0 Å². The van der Waals surface area contributed by atoms with Crippen molar-refractivity contribution < 1.29 is 0 Å². The van der Waals surface area contributed by atoms with Crippen molar-refractivity contribution in [3.63, 3.8) is 0 Å². The molecule has 2 heteroatoms. The second kappa shape index (κ2) is 7.88. The average molecular weight is 298 g/mol. The third-order valence-corrected chi connectivity index (χ3v) is 3.78. The first-order valence-electron chi connectivity index (χ1n) is 6.67. The smallest absolute Gasteiger partial charge is 0.0175 e. The van der Waals surface area contributed by atoms with Crippen LogP contribution in [0.15, 0.2) is 28.7 Å². The minimum Gasteiger partial charge on any atom is -0.313 e. The van der Waals surface area contributed by atoms with Gasteiger partial charge in [-0.05, 0) is 43.0 Å². The van der Waals surface area contributed by atoms with E-state index in [1.54, 1.807) is 0 Å². The Bertz CT molecular complexity index is 307. The van der Waals surface area contributed by atoms with Crippen molar-refractivity contribution in [1.29, 1.82) is 0 Å². The summed E-state index contributed by atoms with van der Waals surface area (Å²) >= 11 is 3.49.